The molecule has 2 N–H and O–H groups in total. The molecule has 0 aliphatic rings. The first-order valence-electron chi connectivity index (χ1n) is 6.21. The third-order valence-corrected chi connectivity index (χ3v) is 3.00. The number of hydrogen-bond donors (Lipinski definition) is 2. The highest BCUT2D eigenvalue weighted by Crippen LogP contribution is 2.26. The Kier molecular flexibility index (Phi) is 4.22. The van der Waals surface area contributed by atoms with Gasteiger partial charge in [-0.15, -0.1) is 0 Å². The van der Waals surface area contributed by atoms with Crippen molar-refractivity contribution >= 4 is 29.1 Å². The summed E-state index contributed by atoms with van der Waals surface area (Å²) in [5, 5.41) is 6.83. The lowest BCUT2D eigenvalue weighted by Gasteiger charge is -2.12. The average Bonchev–Trinajstić information content (AvgIpc) is 2.38. The van der Waals surface area contributed by atoms with Crippen molar-refractivity contribution in [1.82, 2.24) is 9.97 Å². The molecule has 19 heavy (non-hydrogen) atoms. The standard InChI is InChI=1S/C14H17ClN4/c1-4-16-14-17-8-11(15)13(19-14)18-12-7-9(2)5-6-10(12)3/h5-8H,4H2,1-3H3,(H2,16,17,18,19). The topological polar surface area (TPSA) is 49.8 Å². The maximum absolute atomic E-state index is 6.12. The fourth-order valence-electron chi connectivity index (χ4n) is 1.70. The van der Waals surface area contributed by atoms with Gasteiger partial charge in [0.25, 0.3) is 0 Å². The molecule has 5 heteroatoms. The van der Waals surface area contributed by atoms with Crippen molar-refractivity contribution in [2.24, 2.45) is 0 Å². The van der Waals surface area contributed by atoms with E-state index in [4.69, 9.17) is 11.6 Å². The van der Waals surface area contributed by atoms with Gasteiger partial charge >= 0.3 is 0 Å². The zero-order valence-corrected chi connectivity index (χ0v) is 12.0. The normalized spacial score (nSPS) is 10.3. The lowest BCUT2D eigenvalue weighted by atomic mass is 10.1. The first kappa shape index (κ1) is 13.6. The van der Waals surface area contributed by atoms with E-state index in [1.54, 1.807) is 6.20 Å². The highest BCUT2D eigenvalue weighted by Gasteiger charge is 2.07. The number of rotatable bonds is 4. The predicted octanol–water partition coefficient (Wildman–Crippen LogP) is 3.92. The molecule has 2 rings (SSSR count). The third kappa shape index (κ3) is 3.35. The minimum atomic E-state index is 0.502. The van der Waals surface area contributed by atoms with Gasteiger partial charge in [0.05, 0.1) is 6.20 Å². The summed E-state index contributed by atoms with van der Waals surface area (Å²) in [6.45, 7) is 6.86. The fourth-order valence-corrected chi connectivity index (χ4v) is 1.83. The zero-order valence-electron chi connectivity index (χ0n) is 11.3. The molecule has 1 aromatic carbocycles. The van der Waals surface area contributed by atoms with E-state index in [-0.39, 0.29) is 0 Å². The number of anilines is 3. The summed E-state index contributed by atoms with van der Waals surface area (Å²) in [5.41, 5.74) is 3.33. The molecule has 0 unspecified atom stereocenters. The molecule has 0 saturated carbocycles. The largest absolute Gasteiger partial charge is 0.354 e. The summed E-state index contributed by atoms with van der Waals surface area (Å²) in [7, 11) is 0. The van der Waals surface area contributed by atoms with Gasteiger partial charge in [-0.1, -0.05) is 23.7 Å². The summed E-state index contributed by atoms with van der Waals surface area (Å²) in [6, 6.07) is 6.21. The molecule has 2 aromatic rings. The Morgan fingerprint density at radius 3 is 2.79 bits per heavy atom. The lowest BCUT2D eigenvalue weighted by Crippen LogP contribution is -2.05. The average molecular weight is 277 g/mol. The van der Waals surface area contributed by atoms with E-state index < -0.39 is 0 Å². The van der Waals surface area contributed by atoms with E-state index in [2.05, 4.69) is 45.7 Å². The van der Waals surface area contributed by atoms with Crippen molar-refractivity contribution in [2.75, 3.05) is 17.2 Å². The molecule has 0 bridgehead atoms. The summed E-state index contributed by atoms with van der Waals surface area (Å²) in [6.07, 6.45) is 1.60. The van der Waals surface area contributed by atoms with Gasteiger partial charge in [-0.25, -0.2) is 4.98 Å². The van der Waals surface area contributed by atoms with Crippen LogP contribution in [0.5, 0.6) is 0 Å². The van der Waals surface area contributed by atoms with Crippen LogP contribution in [0.25, 0.3) is 0 Å². The molecule has 0 amide bonds. The van der Waals surface area contributed by atoms with Gasteiger partial charge in [0.15, 0.2) is 5.82 Å². The molecule has 0 radical (unpaired) electrons. The van der Waals surface area contributed by atoms with E-state index >= 15 is 0 Å². The predicted molar refractivity (Wildman–Crippen MR) is 80.4 cm³/mol. The number of aryl methyl sites for hydroxylation is 2. The van der Waals surface area contributed by atoms with Gasteiger partial charge in [0.2, 0.25) is 5.95 Å². The Morgan fingerprint density at radius 1 is 1.26 bits per heavy atom. The Labute approximate surface area is 118 Å². The number of aromatic nitrogens is 2. The summed E-state index contributed by atoms with van der Waals surface area (Å²) in [5.74, 6) is 1.18. The number of nitrogens with one attached hydrogen (secondary N) is 2. The maximum atomic E-state index is 6.12. The van der Waals surface area contributed by atoms with Crippen molar-refractivity contribution in [1.29, 1.82) is 0 Å². The van der Waals surface area contributed by atoms with Gasteiger partial charge in [-0.05, 0) is 38.0 Å². The summed E-state index contributed by atoms with van der Waals surface area (Å²) < 4.78 is 0. The van der Waals surface area contributed by atoms with Crippen LogP contribution in [0, 0.1) is 13.8 Å². The van der Waals surface area contributed by atoms with Crippen LogP contribution in [0.3, 0.4) is 0 Å². The molecule has 1 heterocycles. The second-order valence-electron chi connectivity index (χ2n) is 4.36. The molecular formula is C14H17ClN4. The number of halogens is 1. The van der Waals surface area contributed by atoms with E-state index in [1.807, 2.05) is 13.8 Å². The van der Waals surface area contributed by atoms with Gasteiger partial charge in [-0.2, -0.15) is 4.98 Å². The van der Waals surface area contributed by atoms with Crippen LogP contribution in [-0.2, 0) is 0 Å². The van der Waals surface area contributed by atoms with E-state index in [0.717, 1.165) is 17.8 Å². The molecule has 0 atom stereocenters. The van der Waals surface area contributed by atoms with Crippen LogP contribution in [-0.4, -0.2) is 16.5 Å². The number of hydrogen-bond acceptors (Lipinski definition) is 4. The van der Waals surface area contributed by atoms with Gasteiger partial charge in [0.1, 0.15) is 5.02 Å². The van der Waals surface area contributed by atoms with Crippen LogP contribution < -0.4 is 10.6 Å². The first-order valence-corrected chi connectivity index (χ1v) is 6.58. The summed E-state index contributed by atoms with van der Waals surface area (Å²) in [4.78, 5) is 8.48. The first-order chi connectivity index (χ1) is 9.10. The van der Waals surface area contributed by atoms with Crippen molar-refractivity contribution in [3.63, 3.8) is 0 Å². The molecule has 1 aromatic heterocycles. The van der Waals surface area contributed by atoms with Crippen LogP contribution in [0.4, 0.5) is 17.5 Å². The zero-order chi connectivity index (χ0) is 13.8. The molecule has 0 aliphatic carbocycles. The monoisotopic (exact) mass is 276 g/mol. The highest BCUT2D eigenvalue weighted by molar-refractivity contribution is 6.32. The van der Waals surface area contributed by atoms with E-state index in [0.29, 0.717) is 16.8 Å². The van der Waals surface area contributed by atoms with Crippen molar-refractivity contribution in [3.8, 4) is 0 Å². The van der Waals surface area contributed by atoms with E-state index in [1.165, 1.54) is 5.56 Å². The molecule has 0 aliphatic heterocycles. The van der Waals surface area contributed by atoms with Crippen molar-refractivity contribution in [2.45, 2.75) is 20.8 Å². The molecule has 4 nitrogen and oxygen atoms in total. The van der Waals surface area contributed by atoms with E-state index in [9.17, 15) is 0 Å². The van der Waals surface area contributed by atoms with Crippen LogP contribution in [0.2, 0.25) is 5.02 Å². The van der Waals surface area contributed by atoms with Crippen LogP contribution in [0.1, 0.15) is 18.1 Å². The second kappa shape index (κ2) is 5.89. The van der Waals surface area contributed by atoms with Crippen molar-refractivity contribution in [3.05, 3.63) is 40.5 Å². The smallest absolute Gasteiger partial charge is 0.224 e. The molecule has 0 fully saturated rings. The molecular weight excluding hydrogens is 260 g/mol. The van der Waals surface area contributed by atoms with Crippen LogP contribution in [0.15, 0.2) is 24.4 Å². The lowest BCUT2D eigenvalue weighted by molar-refractivity contribution is 1.09. The maximum Gasteiger partial charge on any atom is 0.224 e. The second-order valence-corrected chi connectivity index (χ2v) is 4.77. The number of nitrogens with zero attached hydrogens (tertiary/aromatic N) is 2. The quantitative estimate of drug-likeness (QED) is 0.889. The van der Waals surface area contributed by atoms with Crippen LogP contribution >= 0.6 is 11.6 Å². The van der Waals surface area contributed by atoms with Gasteiger partial charge in [0, 0.05) is 12.2 Å². The van der Waals surface area contributed by atoms with Crippen molar-refractivity contribution < 1.29 is 0 Å². The molecule has 0 spiro atoms. The minimum absolute atomic E-state index is 0.502. The Hall–Kier alpha value is -1.81. The molecule has 100 valence electrons. The fraction of sp³-hybridized carbons (Fsp3) is 0.286. The number of benzene rings is 1. The Morgan fingerprint density at radius 2 is 2.05 bits per heavy atom. The highest BCUT2D eigenvalue weighted by atomic mass is 35.5. The minimum Gasteiger partial charge on any atom is -0.354 e. The molecule has 0 saturated heterocycles. The third-order valence-electron chi connectivity index (χ3n) is 2.73. The Bertz CT molecular complexity index is 584. The van der Waals surface area contributed by atoms with Gasteiger partial charge < -0.3 is 10.6 Å². The summed E-state index contributed by atoms with van der Waals surface area (Å²) >= 11 is 6.12. The Balaban J connectivity index is 2.31. The SMILES string of the molecule is CCNc1ncc(Cl)c(Nc2cc(C)ccc2C)n1. The van der Waals surface area contributed by atoms with Gasteiger partial charge in [-0.3, -0.25) is 0 Å².